The lowest BCUT2D eigenvalue weighted by molar-refractivity contribution is 0.485. The summed E-state index contributed by atoms with van der Waals surface area (Å²) in [6.45, 7) is 1.65. The van der Waals surface area contributed by atoms with Crippen molar-refractivity contribution in [3.8, 4) is 5.75 Å². The average molecular weight is 265 g/mol. The van der Waals surface area contributed by atoms with Crippen LogP contribution in [0.3, 0.4) is 0 Å². The Hall–Kier alpha value is -1.12. The van der Waals surface area contributed by atoms with Crippen molar-refractivity contribution in [2.75, 3.05) is 6.26 Å². The molecule has 6 nitrogen and oxygen atoms in total. The van der Waals surface area contributed by atoms with E-state index in [9.17, 15) is 16.8 Å². The van der Waals surface area contributed by atoms with Gasteiger partial charge in [-0.05, 0) is 24.6 Å². The molecule has 0 heterocycles. The van der Waals surface area contributed by atoms with E-state index in [1.807, 2.05) is 0 Å². The minimum absolute atomic E-state index is 0.296. The van der Waals surface area contributed by atoms with E-state index in [2.05, 4.69) is 4.18 Å². The van der Waals surface area contributed by atoms with Gasteiger partial charge in [0.15, 0.2) is 5.75 Å². The van der Waals surface area contributed by atoms with Crippen LogP contribution >= 0.6 is 0 Å². The summed E-state index contributed by atoms with van der Waals surface area (Å²) in [5, 5.41) is 4.94. The van der Waals surface area contributed by atoms with E-state index in [0.29, 0.717) is 5.56 Å². The summed E-state index contributed by atoms with van der Waals surface area (Å²) >= 11 is 0. The summed E-state index contributed by atoms with van der Waals surface area (Å²) in [7, 11) is -7.81. The fourth-order valence-corrected chi connectivity index (χ4v) is 2.33. The van der Waals surface area contributed by atoms with E-state index < -0.39 is 20.1 Å². The maximum absolute atomic E-state index is 11.2. The van der Waals surface area contributed by atoms with Gasteiger partial charge in [-0.3, -0.25) is 0 Å². The number of hydrogen-bond acceptors (Lipinski definition) is 5. The Bertz CT molecular complexity index is 603. The van der Waals surface area contributed by atoms with Crippen LogP contribution < -0.4 is 9.32 Å². The molecule has 0 fully saturated rings. The van der Waals surface area contributed by atoms with Crippen LogP contribution in [0.1, 0.15) is 5.56 Å². The highest BCUT2D eigenvalue weighted by Gasteiger charge is 2.18. The molecule has 0 aliphatic rings. The van der Waals surface area contributed by atoms with Crippen molar-refractivity contribution in [1.82, 2.24) is 0 Å². The molecule has 0 aromatic heterocycles. The van der Waals surface area contributed by atoms with Crippen molar-refractivity contribution in [1.29, 1.82) is 0 Å². The Kier molecular flexibility index (Phi) is 3.27. The smallest absolute Gasteiger partial charge is 0.306 e. The van der Waals surface area contributed by atoms with Crippen molar-refractivity contribution >= 4 is 20.1 Å². The van der Waals surface area contributed by atoms with Gasteiger partial charge in [0, 0.05) is 0 Å². The number of hydrogen-bond donors (Lipinski definition) is 1. The Morgan fingerprint density at radius 1 is 1.19 bits per heavy atom. The Balaban J connectivity index is 3.41. The summed E-state index contributed by atoms with van der Waals surface area (Å²) < 4.78 is 48.7. The first-order chi connectivity index (χ1) is 7.09. The molecule has 0 amide bonds. The monoisotopic (exact) mass is 265 g/mol. The predicted octanol–water partition coefficient (Wildman–Crippen LogP) is -0.0192. The van der Waals surface area contributed by atoms with Gasteiger partial charge in [-0.25, -0.2) is 13.6 Å². The van der Waals surface area contributed by atoms with Crippen LogP contribution in [-0.2, 0) is 20.1 Å². The van der Waals surface area contributed by atoms with Gasteiger partial charge in [0.2, 0.25) is 10.0 Å². The van der Waals surface area contributed by atoms with Gasteiger partial charge in [0.05, 0.1) is 6.26 Å². The topological polar surface area (TPSA) is 104 Å². The summed E-state index contributed by atoms with van der Waals surface area (Å²) in [5.41, 5.74) is 0.630. The molecule has 8 heteroatoms. The molecule has 0 saturated heterocycles. The van der Waals surface area contributed by atoms with E-state index in [4.69, 9.17) is 5.14 Å². The Morgan fingerprint density at radius 2 is 1.75 bits per heavy atom. The molecule has 2 N–H and O–H groups in total. The first-order valence-electron chi connectivity index (χ1n) is 4.12. The van der Waals surface area contributed by atoms with Gasteiger partial charge >= 0.3 is 10.1 Å². The molecular formula is C8H11NO5S2. The Labute approximate surface area is 94.2 Å². The van der Waals surface area contributed by atoms with Gasteiger partial charge in [-0.2, -0.15) is 8.42 Å². The molecule has 0 radical (unpaired) electrons. The van der Waals surface area contributed by atoms with Gasteiger partial charge < -0.3 is 4.18 Å². The van der Waals surface area contributed by atoms with E-state index in [-0.39, 0.29) is 10.6 Å². The highest BCUT2D eigenvalue weighted by Crippen LogP contribution is 2.24. The largest absolute Gasteiger partial charge is 0.381 e. The highest BCUT2D eigenvalue weighted by molar-refractivity contribution is 7.89. The second kappa shape index (κ2) is 4.04. The number of sulfonamides is 1. The highest BCUT2D eigenvalue weighted by atomic mass is 32.2. The molecule has 0 aliphatic heterocycles. The third kappa shape index (κ3) is 3.47. The Morgan fingerprint density at radius 3 is 2.19 bits per heavy atom. The van der Waals surface area contributed by atoms with E-state index >= 15 is 0 Å². The average Bonchev–Trinajstić information content (AvgIpc) is 2.04. The zero-order valence-corrected chi connectivity index (χ0v) is 10.3. The van der Waals surface area contributed by atoms with E-state index in [0.717, 1.165) is 6.26 Å². The zero-order chi connectivity index (χ0) is 12.6. The van der Waals surface area contributed by atoms with Crippen molar-refractivity contribution in [2.24, 2.45) is 5.14 Å². The normalized spacial score (nSPS) is 12.4. The molecule has 90 valence electrons. The fourth-order valence-electron chi connectivity index (χ4n) is 1.07. The number of aryl methyl sites for hydroxylation is 1. The first-order valence-corrected chi connectivity index (χ1v) is 7.49. The van der Waals surface area contributed by atoms with Crippen LogP contribution in [0.15, 0.2) is 23.1 Å². The fraction of sp³-hybridized carbons (Fsp3) is 0.250. The van der Waals surface area contributed by atoms with Gasteiger partial charge in [0.1, 0.15) is 4.90 Å². The molecule has 0 aliphatic carbocycles. The lowest BCUT2D eigenvalue weighted by Gasteiger charge is -2.08. The number of rotatable bonds is 3. The molecule has 1 aromatic rings. The third-order valence-electron chi connectivity index (χ3n) is 1.65. The second-order valence-corrected chi connectivity index (χ2v) is 6.39. The van der Waals surface area contributed by atoms with Crippen molar-refractivity contribution in [3.63, 3.8) is 0 Å². The second-order valence-electron chi connectivity index (χ2n) is 3.28. The van der Waals surface area contributed by atoms with Crippen LogP contribution in [0.2, 0.25) is 0 Å². The van der Waals surface area contributed by atoms with Crippen molar-refractivity contribution in [3.05, 3.63) is 23.8 Å². The molecule has 16 heavy (non-hydrogen) atoms. The summed E-state index contributed by atoms with van der Waals surface area (Å²) in [6.07, 6.45) is 0.819. The maximum atomic E-state index is 11.2. The minimum Gasteiger partial charge on any atom is -0.381 e. The van der Waals surface area contributed by atoms with Crippen LogP contribution in [0.5, 0.6) is 5.75 Å². The lowest BCUT2D eigenvalue weighted by Crippen LogP contribution is -2.16. The van der Waals surface area contributed by atoms with Crippen LogP contribution in [0.4, 0.5) is 0 Å². The zero-order valence-electron chi connectivity index (χ0n) is 8.67. The van der Waals surface area contributed by atoms with Crippen LogP contribution in [-0.4, -0.2) is 23.1 Å². The maximum Gasteiger partial charge on any atom is 0.306 e. The molecule has 1 aromatic carbocycles. The standard InChI is InChI=1S/C8H11NO5S2/c1-6-3-4-7(14-15(2,10)11)8(5-6)16(9,12)13/h3-5H,1-2H3,(H2,9,12,13). The third-order valence-corrected chi connectivity index (χ3v) is 3.06. The molecule has 0 atom stereocenters. The molecule has 0 unspecified atom stereocenters. The van der Waals surface area contributed by atoms with Crippen molar-refractivity contribution in [2.45, 2.75) is 11.8 Å². The quantitative estimate of drug-likeness (QED) is 0.773. The first kappa shape index (κ1) is 12.9. The summed E-state index contributed by atoms with van der Waals surface area (Å²) in [5.74, 6) is -0.296. The molecule has 0 saturated carbocycles. The van der Waals surface area contributed by atoms with Crippen LogP contribution in [0.25, 0.3) is 0 Å². The molecular weight excluding hydrogens is 254 g/mol. The number of primary sulfonamides is 1. The predicted molar refractivity (Wildman–Crippen MR) is 58.0 cm³/mol. The van der Waals surface area contributed by atoms with Gasteiger partial charge in [-0.1, -0.05) is 6.07 Å². The minimum atomic E-state index is -4.02. The van der Waals surface area contributed by atoms with Gasteiger partial charge in [-0.15, -0.1) is 0 Å². The van der Waals surface area contributed by atoms with E-state index in [1.165, 1.54) is 18.2 Å². The summed E-state index contributed by atoms with van der Waals surface area (Å²) in [6, 6.07) is 4.02. The van der Waals surface area contributed by atoms with E-state index in [1.54, 1.807) is 6.92 Å². The molecule has 1 rings (SSSR count). The molecule has 0 spiro atoms. The van der Waals surface area contributed by atoms with Crippen molar-refractivity contribution < 1.29 is 21.0 Å². The van der Waals surface area contributed by atoms with Gasteiger partial charge in [0.25, 0.3) is 0 Å². The summed E-state index contributed by atoms with van der Waals surface area (Å²) in [4.78, 5) is -0.349. The SMILES string of the molecule is Cc1ccc(OS(C)(=O)=O)c(S(N)(=O)=O)c1. The molecule has 0 bridgehead atoms. The lowest BCUT2D eigenvalue weighted by atomic mass is 10.2. The number of benzene rings is 1. The number of nitrogens with two attached hydrogens (primary N) is 1. The van der Waals surface area contributed by atoms with Crippen LogP contribution in [0, 0.1) is 6.92 Å².